The lowest BCUT2D eigenvalue weighted by Gasteiger charge is -2.30. The van der Waals surface area contributed by atoms with Gasteiger partial charge in [-0.2, -0.15) is 0 Å². The van der Waals surface area contributed by atoms with Gasteiger partial charge in [-0.1, -0.05) is 0 Å². The highest BCUT2D eigenvalue weighted by molar-refractivity contribution is 5.88. The van der Waals surface area contributed by atoms with Crippen molar-refractivity contribution in [1.29, 1.82) is 0 Å². The van der Waals surface area contributed by atoms with Crippen molar-refractivity contribution in [3.05, 3.63) is 28.8 Å². The van der Waals surface area contributed by atoms with E-state index in [1.807, 2.05) is 18.7 Å². The van der Waals surface area contributed by atoms with Crippen molar-refractivity contribution in [3.63, 3.8) is 0 Å². The maximum atomic E-state index is 12.7. The Balaban J connectivity index is 1.42. The molecule has 0 radical (unpaired) electrons. The molecule has 2 heterocycles. The number of hydrogen-bond donors (Lipinski definition) is 2. The predicted molar refractivity (Wildman–Crippen MR) is 109 cm³/mol. The molecule has 3 rings (SSSR count). The summed E-state index contributed by atoms with van der Waals surface area (Å²) in [6.45, 7) is 6.61. The van der Waals surface area contributed by atoms with Crippen LogP contribution in [0.15, 0.2) is 12.1 Å². The number of carbonyl (C=O) groups excluding carboxylic acids is 1. The van der Waals surface area contributed by atoms with Crippen LogP contribution >= 0.6 is 0 Å². The molecule has 0 aliphatic carbocycles. The number of aryl methyl sites for hydroxylation is 2. The molecule has 3 atom stereocenters. The molecule has 0 spiro atoms. The van der Waals surface area contributed by atoms with E-state index >= 15 is 0 Å². The van der Waals surface area contributed by atoms with Gasteiger partial charge in [0.15, 0.2) is 0 Å². The van der Waals surface area contributed by atoms with Crippen molar-refractivity contribution in [3.8, 4) is 5.75 Å². The minimum absolute atomic E-state index is 0.0210. The number of rotatable bonds is 8. The fourth-order valence-electron chi connectivity index (χ4n) is 4.20. The van der Waals surface area contributed by atoms with E-state index in [0.29, 0.717) is 51.7 Å². The summed E-state index contributed by atoms with van der Waals surface area (Å²) in [5.74, 6) is -0.334. The summed E-state index contributed by atoms with van der Waals surface area (Å²) < 4.78 is 17.2. The molecule has 8 heteroatoms. The maximum Gasteiger partial charge on any atom is 0.335 e. The van der Waals surface area contributed by atoms with E-state index in [0.717, 1.165) is 17.5 Å². The van der Waals surface area contributed by atoms with E-state index in [2.05, 4.69) is 0 Å². The fraction of sp³-hybridized carbons (Fsp3) is 0.636. The zero-order valence-electron chi connectivity index (χ0n) is 17.6. The van der Waals surface area contributed by atoms with Gasteiger partial charge in [-0.3, -0.25) is 4.79 Å². The highest BCUT2D eigenvalue weighted by Crippen LogP contribution is 2.26. The van der Waals surface area contributed by atoms with E-state index in [9.17, 15) is 14.7 Å². The number of nitrogens with zero attached hydrogens (tertiary/aromatic N) is 1. The fourth-order valence-corrected chi connectivity index (χ4v) is 4.20. The summed E-state index contributed by atoms with van der Waals surface area (Å²) in [6, 6.07) is 3.20. The Morgan fingerprint density at radius 1 is 1.20 bits per heavy atom. The van der Waals surface area contributed by atoms with Crippen LogP contribution in [0.5, 0.6) is 5.75 Å². The molecule has 0 aromatic heterocycles. The normalized spacial score (nSPS) is 24.1. The van der Waals surface area contributed by atoms with Gasteiger partial charge in [0.1, 0.15) is 12.4 Å². The number of aromatic carboxylic acids is 1. The monoisotopic (exact) mass is 421 g/mol. The van der Waals surface area contributed by atoms with E-state index in [1.165, 1.54) is 0 Å². The number of carboxylic acid groups (broad SMARTS) is 1. The molecule has 2 N–H and O–H groups in total. The molecule has 166 valence electrons. The van der Waals surface area contributed by atoms with Gasteiger partial charge >= 0.3 is 5.97 Å². The van der Waals surface area contributed by atoms with E-state index in [1.54, 1.807) is 12.1 Å². The molecule has 8 nitrogen and oxygen atoms in total. The van der Waals surface area contributed by atoms with Crippen LogP contribution in [0.2, 0.25) is 0 Å². The standard InChI is InChI=1S/C22H31NO7/c1-14-7-17(22(26)27)8-15(2)20(14)30-6-5-29-19-3-4-23(10-19)21(25)18-9-16(11-24)12-28-13-18/h7-8,16,18-19,24H,3-6,9-13H2,1-2H3,(H,26,27)/t16-,18-,19?/m1/s1. The van der Waals surface area contributed by atoms with Gasteiger partial charge in [0.05, 0.1) is 37.4 Å². The van der Waals surface area contributed by atoms with Crippen LogP contribution in [0.1, 0.15) is 34.3 Å². The second kappa shape index (κ2) is 10.2. The van der Waals surface area contributed by atoms with Crippen LogP contribution in [-0.2, 0) is 14.3 Å². The van der Waals surface area contributed by atoms with Crippen LogP contribution in [0.3, 0.4) is 0 Å². The Kier molecular flexibility index (Phi) is 7.69. The quantitative estimate of drug-likeness (QED) is 0.615. The number of likely N-dealkylation sites (tertiary alicyclic amines) is 1. The number of aliphatic hydroxyl groups excluding tert-OH is 1. The molecule has 1 aromatic carbocycles. The number of carboxylic acids is 1. The van der Waals surface area contributed by atoms with Gasteiger partial charge in [0, 0.05) is 25.6 Å². The largest absolute Gasteiger partial charge is 0.491 e. The molecular weight excluding hydrogens is 390 g/mol. The van der Waals surface area contributed by atoms with Crippen LogP contribution < -0.4 is 4.74 Å². The molecule has 2 fully saturated rings. The lowest BCUT2D eigenvalue weighted by Crippen LogP contribution is -2.41. The highest BCUT2D eigenvalue weighted by Gasteiger charge is 2.34. The third-order valence-electron chi connectivity index (χ3n) is 5.75. The second-order valence-corrected chi connectivity index (χ2v) is 8.18. The van der Waals surface area contributed by atoms with Crippen molar-refractivity contribution >= 4 is 11.9 Å². The summed E-state index contributed by atoms with van der Waals surface area (Å²) in [4.78, 5) is 25.7. The number of hydrogen-bond acceptors (Lipinski definition) is 6. The zero-order valence-corrected chi connectivity index (χ0v) is 17.6. The first-order chi connectivity index (χ1) is 14.4. The van der Waals surface area contributed by atoms with Gasteiger partial charge in [-0.05, 0) is 49.9 Å². The van der Waals surface area contributed by atoms with E-state index in [4.69, 9.17) is 19.3 Å². The van der Waals surface area contributed by atoms with E-state index < -0.39 is 5.97 Å². The lowest BCUT2D eigenvalue weighted by atomic mass is 9.92. The highest BCUT2D eigenvalue weighted by atomic mass is 16.5. The van der Waals surface area contributed by atoms with Crippen molar-refractivity contribution in [1.82, 2.24) is 4.90 Å². The van der Waals surface area contributed by atoms with Crippen LogP contribution in [0.25, 0.3) is 0 Å². The van der Waals surface area contributed by atoms with Crippen LogP contribution in [0, 0.1) is 25.7 Å². The van der Waals surface area contributed by atoms with Gasteiger partial charge in [-0.15, -0.1) is 0 Å². The summed E-state index contributed by atoms with van der Waals surface area (Å²) in [5.41, 5.74) is 1.81. The molecule has 2 aliphatic rings. The Morgan fingerprint density at radius 3 is 2.60 bits per heavy atom. The van der Waals surface area contributed by atoms with Gasteiger partial charge < -0.3 is 29.3 Å². The Hall–Kier alpha value is -2.16. The topological polar surface area (TPSA) is 106 Å². The number of amides is 1. The minimum Gasteiger partial charge on any atom is -0.491 e. The summed E-state index contributed by atoms with van der Waals surface area (Å²) in [7, 11) is 0. The molecule has 0 saturated carbocycles. The third kappa shape index (κ3) is 5.50. The SMILES string of the molecule is Cc1cc(C(=O)O)cc(C)c1OCCOC1CCN(C(=O)[C@H]2COC[C@@H](CO)C2)C1. The second-order valence-electron chi connectivity index (χ2n) is 8.18. The Labute approximate surface area is 176 Å². The average molecular weight is 421 g/mol. The Morgan fingerprint density at radius 2 is 1.93 bits per heavy atom. The van der Waals surface area contributed by atoms with Crippen LogP contribution in [0.4, 0.5) is 0 Å². The number of ether oxygens (including phenoxy) is 3. The Bertz CT molecular complexity index is 743. The number of carbonyl (C=O) groups is 2. The molecule has 1 unspecified atom stereocenters. The zero-order chi connectivity index (χ0) is 21.7. The molecule has 0 bridgehead atoms. The van der Waals surface area contributed by atoms with Crippen molar-refractivity contribution < 1.29 is 34.0 Å². The average Bonchev–Trinajstić information content (AvgIpc) is 3.20. The summed E-state index contributed by atoms with van der Waals surface area (Å²) in [5, 5.41) is 18.4. The summed E-state index contributed by atoms with van der Waals surface area (Å²) in [6.07, 6.45) is 1.44. The first-order valence-corrected chi connectivity index (χ1v) is 10.4. The number of benzene rings is 1. The predicted octanol–water partition coefficient (Wildman–Crippen LogP) is 1.64. The van der Waals surface area contributed by atoms with Gasteiger partial charge in [-0.25, -0.2) is 4.79 Å². The lowest BCUT2D eigenvalue weighted by molar-refractivity contribution is -0.141. The molecule has 2 saturated heterocycles. The van der Waals surface area contributed by atoms with Crippen molar-refractivity contribution in [2.45, 2.75) is 32.8 Å². The molecule has 1 amide bonds. The maximum absolute atomic E-state index is 12.7. The number of aliphatic hydroxyl groups is 1. The van der Waals surface area contributed by atoms with Gasteiger partial charge in [0.2, 0.25) is 5.91 Å². The van der Waals surface area contributed by atoms with Crippen LogP contribution in [-0.4, -0.2) is 79.2 Å². The smallest absolute Gasteiger partial charge is 0.335 e. The minimum atomic E-state index is -0.955. The van der Waals surface area contributed by atoms with E-state index in [-0.39, 0.29) is 36.0 Å². The van der Waals surface area contributed by atoms with Crippen molar-refractivity contribution in [2.75, 3.05) is 46.1 Å². The molecule has 30 heavy (non-hydrogen) atoms. The first kappa shape index (κ1) is 22.5. The molecule has 1 aromatic rings. The van der Waals surface area contributed by atoms with Gasteiger partial charge in [0.25, 0.3) is 0 Å². The van der Waals surface area contributed by atoms with Crippen molar-refractivity contribution in [2.24, 2.45) is 11.8 Å². The molecule has 2 aliphatic heterocycles. The molecular formula is C22H31NO7. The summed E-state index contributed by atoms with van der Waals surface area (Å²) >= 11 is 0. The third-order valence-corrected chi connectivity index (χ3v) is 5.75. The first-order valence-electron chi connectivity index (χ1n) is 10.4.